The normalized spacial score (nSPS) is 14.4. The topological polar surface area (TPSA) is 64.9 Å². The summed E-state index contributed by atoms with van der Waals surface area (Å²) in [7, 11) is 0. The summed E-state index contributed by atoms with van der Waals surface area (Å²) in [6.45, 7) is 7.84. The van der Waals surface area contributed by atoms with Crippen LogP contribution in [0.15, 0.2) is 27.8 Å². The second-order valence-corrected chi connectivity index (χ2v) is 5.89. The van der Waals surface area contributed by atoms with Crippen LogP contribution >= 0.6 is 11.8 Å². The van der Waals surface area contributed by atoms with Crippen molar-refractivity contribution in [3.05, 3.63) is 41.1 Å². The molecule has 5 heteroatoms. The summed E-state index contributed by atoms with van der Waals surface area (Å²) in [5, 5.41) is 0.767. The zero-order valence-electron chi connectivity index (χ0n) is 11.7. The molecule has 4 nitrogen and oxygen atoms in total. The highest BCUT2D eigenvalue weighted by Crippen LogP contribution is 2.36. The Morgan fingerprint density at radius 3 is 2.26 bits per heavy atom. The maximum absolute atomic E-state index is 6.07. The molecular weight excluding hydrogens is 258 g/mol. The average molecular weight is 277 g/mol. The molecule has 19 heavy (non-hydrogen) atoms. The molecule has 0 aliphatic rings. The van der Waals surface area contributed by atoms with Crippen molar-refractivity contribution in [3.8, 4) is 0 Å². The van der Waals surface area contributed by atoms with Crippen molar-refractivity contribution in [1.82, 2.24) is 9.97 Å². The SMILES string of the molecule is Cc1cc(C)nc(SC(c2ccc(C)o2)C(C)N)n1. The van der Waals surface area contributed by atoms with Crippen LogP contribution in [0.25, 0.3) is 0 Å². The number of thioether (sulfide) groups is 1. The Morgan fingerprint density at radius 1 is 1.16 bits per heavy atom. The van der Waals surface area contributed by atoms with Crippen LogP contribution in [0.2, 0.25) is 0 Å². The molecule has 2 rings (SSSR count). The van der Waals surface area contributed by atoms with Crippen molar-refractivity contribution >= 4 is 11.8 Å². The van der Waals surface area contributed by atoms with Crippen molar-refractivity contribution in [1.29, 1.82) is 0 Å². The summed E-state index contributed by atoms with van der Waals surface area (Å²) in [4.78, 5) is 8.89. The van der Waals surface area contributed by atoms with Gasteiger partial charge in [0.2, 0.25) is 0 Å². The van der Waals surface area contributed by atoms with E-state index < -0.39 is 0 Å². The lowest BCUT2D eigenvalue weighted by Crippen LogP contribution is -2.22. The van der Waals surface area contributed by atoms with E-state index in [1.165, 1.54) is 0 Å². The second-order valence-electron chi connectivity index (χ2n) is 4.78. The van der Waals surface area contributed by atoms with Crippen LogP contribution in [0.1, 0.15) is 35.1 Å². The first-order valence-electron chi connectivity index (χ1n) is 6.26. The third-order valence-electron chi connectivity index (χ3n) is 2.71. The lowest BCUT2D eigenvalue weighted by Gasteiger charge is -2.17. The zero-order chi connectivity index (χ0) is 14.0. The van der Waals surface area contributed by atoms with E-state index in [-0.39, 0.29) is 11.3 Å². The highest BCUT2D eigenvalue weighted by atomic mass is 32.2. The van der Waals surface area contributed by atoms with E-state index in [9.17, 15) is 0 Å². The van der Waals surface area contributed by atoms with Crippen molar-refractivity contribution in [2.75, 3.05) is 0 Å². The predicted molar refractivity (Wildman–Crippen MR) is 77.2 cm³/mol. The van der Waals surface area contributed by atoms with Gasteiger partial charge >= 0.3 is 0 Å². The van der Waals surface area contributed by atoms with Gasteiger partial charge in [0.05, 0.1) is 5.25 Å². The van der Waals surface area contributed by atoms with E-state index in [1.807, 2.05) is 45.9 Å². The maximum atomic E-state index is 6.07. The van der Waals surface area contributed by atoms with Gasteiger partial charge in [-0.05, 0) is 45.9 Å². The molecule has 0 saturated carbocycles. The molecule has 2 aromatic heterocycles. The summed E-state index contributed by atoms with van der Waals surface area (Å²) >= 11 is 1.55. The van der Waals surface area contributed by atoms with Gasteiger partial charge in [-0.3, -0.25) is 0 Å². The van der Waals surface area contributed by atoms with E-state index in [0.717, 1.165) is 28.1 Å². The fraction of sp³-hybridized carbons (Fsp3) is 0.429. The summed E-state index contributed by atoms with van der Waals surface area (Å²) < 4.78 is 5.68. The number of rotatable bonds is 4. The number of nitrogens with two attached hydrogens (primary N) is 1. The highest BCUT2D eigenvalue weighted by molar-refractivity contribution is 7.99. The summed E-state index contributed by atoms with van der Waals surface area (Å²) in [6, 6.07) is 5.84. The number of nitrogens with zero attached hydrogens (tertiary/aromatic N) is 2. The molecule has 0 bridgehead atoms. The zero-order valence-corrected chi connectivity index (χ0v) is 12.5. The van der Waals surface area contributed by atoms with Crippen LogP contribution in [0.5, 0.6) is 0 Å². The lowest BCUT2D eigenvalue weighted by molar-refractivity contribution is 0.464. The smallest absolute Gasteiger partial charge is 0.188 e. The van der Waals surface area contributed by atoms with Gasteiger partial charge in [0.15, 0.2) is 5.16 Å². The van der Waals surface area contributed by atoms with Gasteiger partial charge in [-0.15, -0.1) is 0 Å². The lowest BCUT2D eigenvalue weighted by atomic mass is 10.2. The first-order chi connectivity index (χ1) is 8.95. The van der Waals surface area contributed by atoms with Gasteiger partial charge in [-0.25, -0.2) is 9.97 Å². The van der Waals surface area contributed by atoms with Crippen molar-refractivity contribution < 1.29 is 4.42 Å². The van der Waals surface area contributed by atoms with Gasteiger partial charge in [0.25, 0.3) is 0 Å². The molecule has 0 aliphatic carbocycles. The number of aryl methyl sites for hydroxylation is 3. The van der Waals surface area contributed by atoms with Crippen LogP contribution in [0.3, 0.4) is 0 Å². The monoisotopic (exact) mass is 277 g/mol. The molecule has 0 amide bonds. The standard InChI is InChI=1S/C14H19N3OS/c1-8-7-9(2)17-14(16-8)19-13(11(4)15)12-6-5-10(3)18-12/h5-7,11,13H,15H2,1-4H3. The fourth-order valence-electron chi connectivity index (χ4n) is 1.89. The minimum atomic E-state index is -0.0417. The fourth-order valence-corrected chi connectivity index (χ4v) is 2.97. The molecule has 2 N–H and O–H groups in total. The molecule has 0 aliphatic heterocycles. The third kappa shape index (κ3) is 3.58. The average Bonchev–Trinajstić information content (AvgIpc) is 2.70. The minimum Gasteiger partial charge on any atom is -0.465 e. The maximum Gasteiger partial charge on any atom is 0.188 e. The number of hydrogen-bond acceptors (Lipinski definition) is 5. The molecular formula is C14H19N3OS. The van der Waals surface area contributed by atoms with Crippen LogP contribution in [-0.4, -0.2) is 16.0 Å². The van der Waals surface area contributed by atoms with Crippen molar-refractivity contribution in [3.63, 3.8) is 0 Å². The molecule has 0 saturated heterocycles. The quantitative estimate of drug-likeness (QED) is 0.687. The number of furan rings is 1. The Balaban J connectivity index is 2.26. The van der Waals surface area contributed by atoms with E-state index in [4.69, 9.17) is 10.2 Å². The van der Waals surface area contributed by atoms with Crippen LogP contribution in [-0.2, 0) is 0 Å². The largest absolute Gasteiger partial charge is 0.465 e. The van der Waals surface area contributed by atoms with Gasteiger partial charge in [-0.2, -0.15) is 0 Å². The molecule has 2 atom stereocenters. The molecule has 0 radical (unpaired) electrons. The minimum absolute atomic E-state index is 0.0231. The van der Waals surface area contributed by atoms with E-state index in [0.29, 0.717) is 0 Å². The van der Waals surface area contributed by atoms with Crippen LogP contribution < -0.4 is 5.73 Å². The van der Waals surface area contributed by atoms with Crippen molar-refractivity contribution in [2.24, 2.45) is 5.73 Å². The second kappa shape index (κ2) is 5.75. The molecule has 2 aromatic rings. The Kier molecular flexibility index (Phi) is 4.27. The first kappa shape index (κ1) is 14.1. The summed E-state index contributed by atoms with van der Waals surface area (Å²) in [5.41, 5.74) is 8.00. The predicted octanol–water partition coefficient (Wildman–Crippen LogP) is 3.18. The van der Waals surface area contributed by atoms with Gasteiger partial charge in [-0.1, -0.05) is 11.8 Å². The molecule has 2 heterocycles. The number of hydrogen-bond donors (Lipinski definition) is 1. The molecule has 0 aromatic carbocycles. The molecule has 2 unspecified atom stereocenters. The van der Waals surface area contributed by atoms with E-state index in [1.54, 1.807) is 11.8 Å². The Labute approximate surface area is 117 Å². The molecule has 0 fully saturated rings. The third-order valence-corrected chi connectivity index (χ3v) is 4.02. The van der Waals surface area contributed by atoms with Gasteiger partial charge in [0, 0.05) is 17.4 Å². The van der Waals surface area contributed by atoms with Crippen molar-refractivity contribution in [2.45, 2.75) is 44.1 Å². The Morgan fingerprint density at radius 2 is 1.79 bits per heavy atom. The van der Waals surface area contributed by atoms with Crippen LogP contribution in [0.4, 0.5) is 0 Å². The summed E-state index contributed by atoms with van der Waals surface area (Å²) in [5.74, 6) is 1.77. The Bertz CT molecular complexity index is 545. The van der Waals surface area contributed by atoms with Crippen LogP contribution in [0, 0.1) is 20.8 Å². The van der Waals surface area contributed by atoms with Gasteiger partial charge < -0.3 is 10.2 Å². The summed E-state index contributed by atoms with van der Waals surface area (Å²) in [6.07, 6.45) is 0. The molecule has 102 valence electrons. The highest BCUT2D eigenvalue weighted by Gasteiger charge is 2.22. The van der Waals surface area contributed by atoms with E-state index in [2.05, 4.69) is 9.97 Å². The first-order valence-corrected chi connectivity index (χ1v) is 7.14. The Hall–Kier alpha value is -1.33. The number of aromatic nitrogens is 2. The van der Waals surface area contributed by atoms with E-state index >= 15 is 0 Å². The van der Waals surface area contributed by atoms with Gasteiger partial charge in [0.1, 0.15) is 11.5 Å². The molecule has 0 spiro atoms.